The molecule has 0 radical (unpaired) electrons. The molecule has 0 amide bonds. The first kappa shape index (κ1) is 28.8. The minimum absolute atomic E-state index is 0.236. The number of phenols is 1. The van der Waals surface area contributed by atoms with Gasteiger partial charge in [-0.25, -0.2) is 0 Å². The van der Waals surface area contributed by atoms with Crippen molar-refractivity contribution < 1.29 is 26.0 Å². The van der Waals surface area contributed by atoms with E-state index >= 15 is 0 Å². The average Bonchev–Trinajstić information content (AvgIpc) is 2.84. The van der Waals surface area contributed by atoms with Crippen molar-refractivity contribution in [1.29, 1.82) is 0 Å². The molecule has 0 aliphatic rings. The molecule has 0 saturated heterocycles. The molecule has 2 nitrogen and oxygen atoms in total. The predicted molar refractivity (Wildman–Crippen MR) is 145 cm³/mol. The van der Waals surface area contributed by atoms with Crippen LogP contribution in [0.5, 0.6) is 5.75 Å². The third kappa shape index (κ3) is 8.08. The van der Waals surface area contributed by atoms with Crippen molar-refractivity contribution in [2.75, 3.05) is 0 Å². The molecule has 1 unspecified atom stereocenters. The van der Waals surface area contributed by atoms with E-state index in [0.717, 1.165) is 28.7 Å². The van der Waals surface area contributed by atoms with Gasteiger partial charge in [-0.05, 0) is 30.0 Å². The topological polar surface area (TPSA) is 32.6 Å². The first-order chi connectivity index (χ1) is 16.4. The number of nitrogens with zero attached hydrogens (tertiary/aromatic N) is 1. The molecule has 0 heterocycles. The fraction of sp³-hybridized carbons (Fsp3) is 0.345. The van der Waals surface area contributed by atoms with Crippen LogP contribution in [-0.2, 0) is 26.3 Å². The molecule has 0 aliphatic heterocycles. The molecule has 3 rings (SSSR count). The van der Waals surface area contributed by atoms with Gasteiger partial charge in [0, 0.05) is 28.8 Å². The van der Waals surface area contributed by atoms with E-state index in [1.165, 1.54) is 24.8 Å². The van der Waals surface area contributed by atoms with Crippen molar-refractivity contribution in [2.24, 2.45) is 4.99 Å². The normalized spacial score (nSPS) is 12.2. The monoisotopic (exact) mass is 573 g/mol. The van der Waals surface area contributed by atoms with Gasteiger partial charge < -0.3 is 5.11 Å². The Labute approximate surface area is 224 Å². The summed E-state index contributed by atoms with van der Waals surface area (Å²) in [7, 11) is 9.87. The molecule has 0 aliphatic carbocycles. The Morgan fingerprint density at radius 2 is 1.53 bits per heavy atom. The van der Waals surface area contributed by atoms with Gasteiger partial charge in [-0.3, -0.25) is 4.99 Å². The van der Waals surface area contributed by atoms with Gasteiger partial charge in [-0.15, -0.1) is 0 Å². The van der Waals surface area contributed by atoms with E-state index in [1.54, 1.807) is 0 Å². The molecule has 3 aromatic carbocycles. The molecule has 0 aromatic heterocycles. The Morgan fingerprint density at radius 1 is 0.941 bits per heavy atom. The second-order valence-corrected chi connectivity index (χ2v) is 12.7. The second-order valence-electron chi connectivity index (χ2n) is 8.97. The van der Waals surface area contributed by atoms with Gasteiger partial charge in [0.1, 0.15) is 5.75 Å². The summed E-state index contributed by atoms with van der Waals surface area (Å²) in [6.45, 7) is 8.70. The van der Waals surface area contributed by atoms with Crippen LogP contribution in [0.4, 0.5) is 0 Å². The number of unbranched alkanes of at least 4 members (excludes halogenated alkanes) is 2. The Kier molecular flexibility index (Phi) is 12.6. The van der Waals surface area contributed by atoms with E-state index in [1.807, 2.05) is 42.6 Å². The van der Waals surface area contributed by atoms with E-state index in [-0.39, 0.29) is 11.5 Å². The zero-order valence-electron chi connectivity index (χ0n) is 20.6. The molecule has 0 saturated carbocycles. The Balaban J connectivity index is 0.00000129. The van der Waals surface area contributed by atoms with Crippen molar-refractivity contribution in [3.63, 3.8) is 0 Å². The van der Waals surface area contributed by atoms with Crippen LogP contribution in [0, 0.1) is 0 Å². The zero-order valence-corrected chi connectivity index (χ0v) is 24.5. The minimum atomic E-state index is -0.826. The fourth-order valence-electron chi connectivity index (χ4n) is 4.09. The Hall–Kier alpha value is -1.41. The number of hydrogen-bond donors (Lipinski definition) is 1. The van der Waals surface area contributed by atoms with Crippen molar-refractivity contribution in [3.8, 4) is 16.9 Å². The quantitative estimate of drug-likeness (QED) is 0.200. The fourth-order valence-corrected chi connectivity index (χ4v) is 4.09. The third-order valence-corrected chi connectivity index (χ3v) is 6.15. The van der Waals surface area contributed by atoms with E-state index in [2.05, 4.69) is 64.1 Å². The number of halogens is 2. The summed E-state index contributed by atoms with van der Waals surface area (Å²) < 4.78 is 0. The molecule has 0 spiro atoms. The number of phenolic OH excluding ortho intramolecular Hbond substituents is 1. The van der Waals surface area contributed by atoms with Crippen LogP contribution in [0.15, 0.2) is 77.8 Å². The van der Waals surface area contributed by atoms with Crippen molar-refractivity contribution in [1.82, 2.24) is 0 Å². The maximum absolute atomic E-state index is 11.5. The molecule has 180 valence electrons. The number of aromatic hydroxyl groups is 1. The summed E-state index contributed by atoms with van der Waals surface area (Å²) in [5, 5.41) is 11.5. The summed E-state index contributed by atoms with van der Waals surface area (Å²) >= 11 is -0.826. The first-order valence-electron chi connectivity index (χ1n) is 11.8. The number of benzene rings is 3. The maximum atomic E-state index is 11.5. The molecule has 0 fully saturated rings. The number of aliphatic imine (C=N–C) groups is 1. The van der Waals surface area contributed by atoms with Crippen LogP contribution in [0.1, 0.15) is 70.1 Å². The van der Waals surface area contributed by atoms with Crippen LogP contribution in [-0.4, -0.2) is 17.4 Å². The van der Waals surface area contributed by atoms with E-state index in [0.29, 0.717) is 5.75 Å². The summed E-state index contributed by atoms with van der Waals surface area (Å²) in [5.41, 5.74) is 4.66. The molecule has 0 bridgehead atoms. The Morgan fingerprint density at radius 3 is 2.12 bits per heavy atom. The summed E-state index contributed by atoms with van der Waals surface area (Å²) in [4.78, 5) is 4.82. The third-order valence-electron chi connectivity index (χ3n) is 6.15. The average molecular weight is 576 g/mol. The van der Waals surface area contributed by atoms with E-state index in [9.17, 15) is 5.11 Å². The van der Waals surface area contributed by atoms with Gasteiger partial charge in [0.15, 0.2) is 0 Å². The van der Waals surface area contributed by atoms with E-state index in [4.69, 9.17) is 22.0 Å². The van der Waals surface area contributed by atoms with Gasteiger partial charge >= 0.3 is 37.9 Å². The summed E-state index contributed by atoms with van der Waals surface area (Å²) in [6, 6.07) is 25.0. The van der Waals surface area contributed by atoms with Gasteiger partial charge in [0.2, 0.25) is 0 Å². The van der Waals surface area contributed by atoms with Crippen LogP contribution >= 0.6 is 17.0 Å². The van der Waals surface area contributed by atoms with E-state index < -0.39 is 20.8 Å². The number of rotatable bonds is 9. The van der Waals surface area contributed by atoms with Crippen LogP contribution < -0.4 is 0 Å². The SMILES string of the molecule is CCCCCC(C)N=Cc1c(-c2ccccc2)ccc(C(C)(C)c2ccccc2)c1O.[Cl][Zr][Cl]. The molecule has 34 heavy (non-hydrogen) atoms. The van der Waals surface area contributed by atoms with Crippen molar-refractivity contribution in [3.05, 3.63) is 89.5 Å². The van der Waals surface area contributed by atoms with Crippen LogP contribution in [0.2, 0.25) is 0 Å². The second kappa shape index (κ2) is 14.9. The van der Waals surface area contributed by atoms with Crippen molar-refractivity contribution in [2.45, 2.75) is 64.8 Å². The first-order valence-corrected chi connectivity index (χ1v) is 18.2. The number of hydrogen-bond acceptors (Lipinski definition) is 2. The van der Waals surface area contributed by atoms with Gasteiger partial charge in [-0.2, -0.15) is 0 Å². The summed E-state index contributed by atoms with van der Waals surface area (Å²) in [6.07, 6.45) is 6.60. The molecule has 1 atom stereocenters. The standard InChI is InChI=1S/C29H35NO.2ClH.Zr/c1-5-6-9-14-22(2)30-21-26-25(23-15-10-7-11-16-23)19-20-27(28(26)31)29(3,4)24-17-12-8-13-18-24;;;/h7-8,10-13,15-22,31H,5-6,9,14H2,1-4H3;2*1H;/q;;;+2/p-2. The molecule has 1 N–H and O–H groups in total. The molecule has 3 aromatic rings. The summed E-state index contributed by atoms with van der Waals surface area (Å²) in [5.74, 6) is 0.319. The van der Waals surface area contributed by atoms with Crippen LogP contribution in [0.25, 0.3) is 11.1 Å². The van der Waals surface area contributed by atoms with Crippen molar-refractivity contribution >= 4 is 23.2 Å². The Bertz CT molecular complexity index is 1020. The predicted octanol–water partition coefficient (Wildman–Crippen LogP) is 9.15. The van der Waals surface area contributed by atoms with Crippen LogP contribution in [0.3, 0.4) is 0 Å². The molecular weight excluding hydrogens is 540 g/mol. The molecule has 5 heteroatoms. The zero-order chi connectivity index (χ0) is 25.0. The molecular formula is C29H35Cl2NOZr. The van der Waals surface area contributed by atoms with Gasteiger partial charge in [0.25, 0.3) is 0 Å². The van der Waals surface area contributed by atoms with Gasteiger partial charge in [0.05, 0.1) is 0 Å². The van der Waals surface area contributed by atoms with Gasteiger partial charge in [-0.1, -0.05) is 113 Å².